The molecule has 188 valence electrons. The minimum absolute atomic E-state index is 0.110. The fraction of sp³-hybridized carbons (Fsp3) is 0.0714. The molecule has 0 aliphatic carbocycles. The van der Waals surface area contributed by atoms with Gasteiger partial charge in [0.1, 0.15) is 23.0 Å². The molecule has 0 saturated carbocycles. The first-order valence-electron chi connectivity index (χ1n) is 11.1. The van der Waals surface area contributed by atoms with E-state index in [2.05, 4.69) is 10.6 Å². The molecule has 37 heavy (non-hydrogen) atoms. The second-order valence-corrected chi connectivity index (χ2v) is 7.85. The van der Waals surface area contributed by atoms with Crippen molar-refractivity contribution in [3.8, 4) is 45.3 Å². The van der Waals surface area contributed by atoms with Gasteiger partial charge >= 0.3 is 12.2 Å². The van der Waals surface area contributed by atoms with Gasteiger partial charge in [0.05, 0.1) is 14.2 Å². The van der Waals surface area contributed by atoms with Gasteiger partial charge in [0.15, 0.2) is 0 Å². The molecule has 4 N–H and O–H groups in total. The smallest absolute Gasteiger partial charge is 0.411 e. The average Bonchev–Trinajstić information content (AvgIpc) is 2.91. The van der Waals surface area contributed by atoms with Crippen LogP contribution >= 0.6 is 0 Å². The third kappa shape index (κ3) is 6.09. The summed E-state index contributed by atoms with van der Waals surface area (Å²) in [7, 11) is 2.55. The van der Waals surface area contributed by atoms with Crippen molar-refractivity contribution in [1.82, 2.24) is 0 Å². The number of phenols is 2. The molecule has 0 heterocycles. The SMILES string of the molecule is COC(=O)Nc1ccc(Oc2ccc(NC(=O)OC)cc2-c2ccc(O)cc2)c(-c2ccc(O)cc2)c1. The molecule has 4 aromatic rings. The van der Waals surface area contributed by atoms with Crippen molar-refractivity contribution in [1.29, 1.82) is 0 Å². The second-order valence-electron chi connectivity index (χ2n) is 7.85. The highest BCUT2D eigenvalue weighted by Gasteiger charge is 2.15. The number of aromatic hydroxyl groups is 2. The van der Waals surface area contributed by atoms with Crippen LogP contribution in [-0.4, -0.2) is 36.6 Å². The molecule has 0 saturated heterocycles. The molecule has 0 aliphatic heterocycles. The molecule has 0 spiro atoms. The van der Waals surface area contributed by atoms with Gasteiger partial charge in [0.2, 0.25) is 0 Å². The van der Waals surface area contributed by atoms with Gasteiger partial charge < -0.3 is 24.4 Å². The Bertz CT molecular complexity index is 1310. The fourth-order valence-electron chi connectivity index (χ4n) is 3.58. The number of ether oxygens (including phenoxy) is 3. The highest BCUT2D eigenvalue weighted by atomic mass is 16.5. The zero-order valence-electron chi connectivity index (χ0n) is 20.0. The molecule has 9 nitrogen and oxygen atoms in total. The van der Waals surface area contributed by atoms with Gasteiger partial charge in [-0.3, -0.25) is 10.6 Å². The molecule has 4 aromatic carbocycles. The predicted molar refractivity (Wildman–Crippen MR) is 139 cm³/mol. The first-order chi connectivity index (χ1) is 17.9. The van der Waals surface area contributed by atoms with Crippen molar-refractivity contribution in [2.45, 2.75) is 0 Å². The van der Waals surface area contributed by atoms with E-state index >= 15 is 0 Å². The van der Waals surface area contributed by atoms with Gasteiger partial charge in [-0.2, -0.15) is 0 Å². The number of rotatable bonds is 6. The third-order valence-electron chi connectivity index (χ3n) is 5.40. The Morgan fingerprint density at radius 3 is 1.32 bits per heavy atom. The van der Waals surface area contributed by atoms with Gasteiger partial charge in [-0.05, 0) is 71.8 Å². The van der Waals surface area contributed by atoms with Crippen molar-refractivity contribution >= 4 is 23.6 Å². The summed E-state index contributed by atoms with van der Waals surface area (Å²) >= 11 is 0. The lowest BCUT2D eigenvalue weighted by Crippen LogP contribution is -2.11. The van der Waals surface area contributed by atoms with Crippen molar-refractivity contribution in [3.05, 3.63) is 84.9 Å². The summed E-state index contributed by atoms with van der Waals surface area (Å²) in [6, 6.07) is 23.3. The molecule has 4 rings (SSSR count). The highest BCUT2D eigenvalue weighted by Crippen LogP contribution is 2.41. The van der Waals surface area contributed by atoms with Crippen LogP contribution in [0, 0.1) is 0 Å². The Morgan fingerprint density at radius 2 is 0.973 bits per heavy atom. The third-order valence-corrected chi connectivity index (χ3v) is 5.40. The second kappa shape index (κ2) is 11.0. The number of hydrogen-bond acceptors (Lipinski definition) is 7. The summed E-state index contributed by atoms with van der Waals surface area (Å²) in [5.41, 5.74) is 3.72. The molecule has 0 bridgehead atoms. The van der Waals surface area contributed by atoms with Crippen LogP contribution < -0.4 is 15.4 Å². The van der Waals surface area contributed by atoms with Gasteiger partial charge in [-0.1, -0.05) is 24.3 Å². The fourth-order valence-corrected chi connectivity index (χ4v) is 3.58. The number of amides is 2. The van der Waals surface area contributed by atoms with Crippen LogP contribution in [0.4, 0.5) is 21.0 Å². The maximum atomic E-state index is 11.8. The molecular formula is C28H24N2O7. The van der Waals surface area contributed by atoms with Crippen molar-refractivity contribution < 1.29 is 34.0 Å². The molecule has 0 unspecified atom stereocenters. The summed E-state index contributed by atoms with van der Waals surface area (Å²) in [6.07, 6.45) is -1.23. The number of phenolic OH excluding ortho intramolecular Hbond substituents is 2. The van der Waals surface area contributed by atoms with Gasteiger partial charge in [-0.25, -0.2) is 9.59 Å². The number of carbonyl (C=O) groups is 2. The van der Waals surface area contributed by atoms with E-state index in [-0.39, 0.29) is 11.5 Å². The van der Waals surface area contributed by atoms with E-state index in [1.165, 1.54) is 14.2 Å². The molecule has 0 fully saturated rings. The summed E-state index contributed by atoms with van der Waals surface area (Å²) in [5, 5.41) is 24.8. The number of anilines is 2. The summed E-state index contributed by atoms with van der Waals surface area (Å²) in [5.74, 6) is 1.15. The zero-order valence-corrected chi connectivity index (χ0v) is 20.0. The number of carbonyl (C=O) groups excluding carboxylic acids is 2. The van der Waals surface area contributed by atoms with E-state index < -0.39 is 12.2 Å². The van der Waals surface area contributed by atoms with Gasteiger partial charge in [0.25, 0.3) is 0 Å². The molecule has 0 aliphatic rings. The molecule has 0 radical (unpaired) electrons. The average molecular weight is 501 g/mol. The van der Waals surface area contributed by atoms with Crippen molar-refractivity contribution in [3.63, 3.8) is 0 Å². The Labute approximate surface area is 212 Å². The monoisotopic (exact) mass is 500 g/mol. The molecular weight excluding hydrogens is 476 g/mol. The lowest BCUT2D eigenvalue weighted by molar-refractivity contribution is 0.186. The lowest BCUT2D eigenvalue weighted by atomic mass is 10.0. The van der Waals surface area contributed by atoms with E-state index in [9.17, 15) is 19.8 Å². The van der Waals surface area contributed by atoms with E-state index in [0.717, 1.165) is 11.1 Å². The highest BCUT2D eigenvalue weighted by molar-refractivity contribution is 5.88. The number of hydrogen-bond donors (Lipinski definition) is 4. The van der Waals surface area contributed by atoms with Crippen LogP contribution in [0.1, 0.15) is 0 Å². The molecule has 9 heteroatoms. The van der Waals surface area contributed by atoms with E-state index in [4.69, 9.17) is 14.2 Å². The minimum atomic E-state index is -0.617. The predicted octanol–water partition coefficient (Wildman–Crippen LogP) is 6.58. The van der Waals surface area contributed by atoms with Crippen LogP contribution in [0.3, 0.4) is 0 Å². The molecule has 0 aromatic heterocycles. The standard InChI is InChI=1S/C28H24N2O7/c1-35-27(33)29-19-7-13-25(23(15-19)17-3-9-21(31)10-4-17)37-26-14-8-20(30-28(34)36-2)16-24(26)18-5-11-22(32)12-6-18/h3-16,31-32H,1-2H3,(H,29,33)(H,30,34). The topological polar surface area (TPSA) is 126 Å². The van der Waals surface area contributed by atoms with Crippen molar-refractivity contribution in [2.75, 3.05) is 24.9 Å². The maximum absolute atomic E-state index is 11.8. The first-order valence-corrected chi connectivity index (χ1v) is 11.1. The Morgan fingerprint density at radius 1 is 0.595 bits per heavy atom. The van der Waals surface area contributed by atoms with Crippen LogP contribution in [0.25, 0.3) is 22.3 Å². The van der Waals surface area contributed by atoms with Crippen LogP contribution in [0.15, 0.2) is 84.9 Å². The van der Waals surface area contributed by atoms with E-state index in [1.54, 1.807) is 84.9 Å². The van der Waals surface area contributed by atoms with Crippen molar-refractivity contribution in [2.24, 2.45) is 0 Å². The number of methoxy groups -OCH3 is 2. The van der Waals surface area contributed by atoms with Crippen LogP contribution in [0.2, 0.25) is 0 Å². The van der Waals surface area contributed by atoms with E-state index in [0.29, 0.717) is 34.0 Å². The summed E-state index contributed by atoms with van der Waals surface area (Å²) in [4.78, 5) is 23.5. The number of nitrogens with one attached hydrogen (secondary N) is 2. The Kier molecular flexibility index (Phi) is 7.44. The first kappa shape index (κ1) is 24.9. The van der Waals surface area contributed by atoms with Crippen LogP contribution in [-0.2, 0) is 9.47 Å². The molecule has 0 atom stereocenters. The Hall–Kier alpha value is -5.18. The largest absolute Gasteiger partial charge is 0.508 e. The van der Waals surface area contributed by atoms with E-state index in [1.807, 2.05) is 0 Å². The summed E-state index contributed by atoms with van der Waals surface area (Å²) < 4.78 is 15.8. The lowest BCUT2D eigenvalue weighted by Gasteiger charge is -2.17. The van der Waals surface area contributed by atoms with Crippen LogP contribution in [0.5, 0.6) is 23.0 Å². The molecule has 2 amide bonds. The van der Waals surface area contributed by atoms with Gasteiger partial charge in [-0.15, -0.1) is 0 Å². The quantitative estimate of drug-likeness (QED) is 0.235. The summed E-state index contributed by atoms with van der Waals surface area (Å²) in [6.45, 7) is 0. The Balaban J connectivity index is 1.79. The maximum Gasteiger partial charge on any atom is 0.411 e. The van der Waals surface area contributed by atoms with Gasteiger partial charge in [0, 0.05) is 22.5 Å². The minimum Gasteiger partial charge on any atom is -0.508 e. The number of benzene rings is 4. The normalized spacial score (nSPS) is 10.3. The zero-order chi connectivity index (χ0) is 26.4.